The van der Waals surface area contributed by atoms with Gasteiger partial charge in [0.05, 0.1) is 6.61 Å². The van der Waals surface area contributed by atoms with Crippen LogP contribution in [-0.2, 0) is 4.74 Å². The van der Waals surface area contributed by atoms with Crippen molar-refractivity contribution in [3.63, 3.8) is 0 Å². The predicted octanol–water partition coefficient (Wildman–Crippen LogP) is 3.19. The average Bonchev–Trinajstić information content (AvgIpc) is 2.49. The van der Waals surface area contributed by atoms with Gasteiger partial charge in [-0.05, 0) is 32.6 Å². The van der Waals surface area contributed by atoms with E-state index in [0.29, 0.717) is 17.1 Å². The molecule has 1 heterocycles. The van der Waals surface area contributed by atoms with Crippen LogP contribution < -0.4 is 5.32 Å². The normalized spacial score (nSPS) is 27.6. The van der Waals surface area contributed by atoms with Gasteiger partial charge in [0, 0.05) is 37.3 Å². The summed E-state index contributed by atoms with van der Waals surface area (Å²) in [4.78, 5) is 2.78. The minimum atomic E-state index is 0.320. The van der Waals surface area contributed by atoms with Gasteiger partial charge in [-0.25, -0.2) is 0 Å². The van der Waals surface area contributed by atoms with E-state index in [1.807, 2.05) is 7.11 Å². The van der Waals surface area contributed by atoms with E-state index < -0.39 is 0 Å². The molecule has 2 aliphatic rings. The Morgan fingerprint density at radius 3 is 2.35 bits per heavy atom. The van der Waals surface area contributed by atoms with Crippen LogP contribution in [0.1, 0.15) is 65.7 Å². The largest absolute Gasteiger partial charge is 0.383 e. The van der Waals surface area contributed by atoms with Crippen molar-refractivity contribution in [2.24, 2.45) is 0 Å². The van der Waals surface area contributed by atoms with E-state index in [4.69, 9.17) is 4.74 Å². The molecule has 0 aromatic carbocycles. The van der Waals surface area contributed by atoms with Gasteiger partial charge in [0.1, 0.15) is 0 Å². The van der Waals surface area contributed by atoms with Crippen LogP contribution in [0.4, 0.5) is 0 Å². The third kappa shape index (κ3) is 3.05. The Balaban J connectivity index is 2.17. The van der Waals surface area contributed by atoms with Gasteiger partial charge in [0.15, 0.2) is 0 Å². The fourth-order valence-corrected chi connectivity index (χ4v) is 4.43. The molecule has 1 atom stereocenters. The predicted molar refractivity (Wildman–Crippen MR) is 85.2 cm³/mol. The third-order valence-electron chi connectivity index (χ3n) is 5.94. The van der Waals surface area contributed by atoms with Crippen molar-refractivity contribution >= 4 is 0 Å². The van der Waals surface area contributed by atoms with E-state index in [2.05, 4.69) is 31.0 Å². The highest BCUT2D eigenvalue weighted by Crippen LogP contribution is 2.38. The monoisotopic (exact) mass is 282 g/mol. The highest BCUT2D eigenvalue weighted by Gasteiger charge is 2.47. The molecule has 0 bridgehead atoms. The third-order valence-corrected chi connectivity index (χ3v) is 5.94. The molecule has 2 fully saturated rings. The number of methoxy groups -OCH3 is 1. The number of hydrogen-bond donors (Lipinski definition) is 1. The summed E-state index contributed by atoms with van der Waals surface area (Å²) < 4.78 is 5.45. The summed E-state index contributed by atoms with van der Waals surface area (Å²) in [6, 6.07) is 0.515. The molecule has 20 heavy (non-hydrogen) atoms. The van der Waals surface area contributed by atoms with Crippen LogP contribution in [0.2, 0.25) is 0 Å². The number of hydrogen-bond acceptors (Lipinski definition) is 3. The summed E-state index contributed by atoms with van der Waals surface area (Å²) in [5, 5.41) is 3.97. The second-order valence-corrected chi connectivity index (χ2v) is 7.06. The van der Waals surface area contributed by atoms with E-state index >= 15 is 0 Å². The minimum absolute atomic E-state index is 0.320. The van der Waals surface area contributed by atoms with Gasteiger partial charge in [-0.2, -0.15) is 0 Å². The van der Waals surface area contributed by atoms with Crippen molar-refractivity contribution in [3.8, 4) is 0 Å². The zero-order valence-corrected chi connectivity index (χ0v) is 14.0. The molecule has 1 spiro atoms. The van der Waals surface area contributed by atoms with E-state index in [1.54, 1.807) is 0 Å². The van der Waals surface area contributed by atoms with Gasteiger partial charge in [-0.15, -0.1) is 0 Å². The van der Waals surface area contributed by atoms with Gasteiger partial charge in [0.25, 0.3) is 0 Å². The molecule has 0 aromatic rings. The number of rotatable bonds is 5. The van der Waals surface area contributed by atoms with Crippen molar-refractivity contribution in [1.29, 1.82) is 0 Å². The molecular weight excluding hydrogens is 248 g/mol. The second-order valence-electron chi connectivity index (χ2n) is 7.06. The summed E-state index contributed by atoms with van der Waals surface area (Å²) in [7, 11) is 1.83. The zero-order valence-electron chi connectivity index (χ0n) is 14.0. The number of nitrogens with one attached hydrogen (secondary N) is 1. The van der Waals surface area contributed by atoms with E-state index in [9.17, 15) is 0 Å². The van der Waals surface area contributed by atoms with Crippen LogP contribution in [0, 0.1) is 0 Å². The molecule has 0 amide bonds. The first-order chi connectivity index (χ1) is 9.61. The topological polar surface area (TPSA) is 24.5 Å². The fourth-order valence-electron chi connectivity index (χ4n) is 4.43. The Morgan fingerprint density at radius 2 is 1.80 bits per heavy atom. The molecule has 1 saturated heterocycles. The van der Waals surface area contributed by atoms with Crippen molar-refractivity contribution in [1.82, 2.24) is 10.2 Å². The highest BCUT2D eigenvalue weighted by molar-refractivity contribution is 5.06. The van der Waals surface area contributed by atoms with Crippen LogP contribution in [0.3, 0.4) is 0 Å². The van der Waals surface area contributed by atoms with Gasteiger partial charge < -0.3 is 10.1 Å². The van der Waals surface area contributed by atoms with Gasteiger partial charge in [-0.1, -0.05) is 33.1 Å². The van der Waals surface area contributed by atoms with Crippen LogP contribution in [0.5, 0.6) is 0 Å². The molecule has 118 valence electrons. The van der Waals surface area contributed by atoms with Gasteiger partial charge in [0.2, 0.25) is 0 Å². The van der Waals surface area contributed by atoms with E-state index in [1.165, 1.54) is 51.5 Å². The van der Waals surface area contributed by atoms with Crippen LogP contribution >= 0.6 is 0 Å². The van der Waals surface area contributed by atoms with Crippen molar-refractivity contribution < 1.29 is 4.74 Å². The van der Waals surface area contributed by atoms with Crippen molar-refractivity contribution in [2.75, 3.05) is 26.8 Å². The van der Waals surface area contributed by atoms with Gasteiger partial charge >= 0.3 is 0 Å². The summed E-state index contributed by atoms with van der Waals surface area (Å²) in [6.45, 7) is 10.2. The Bertz CT molecular complexity index is 295. The fraction of sp³-hybridized carbons (Fsp3) is 1.00. The maximum absolute atomic E-state index is 5.45. The molecule has 3 nitrogen and oxygen atoms in total. The Kier molecular flexibility index (Phi) is 5.49. The second kappa shape index (κ2) is 6.76. The first-order valence-corrected chi connectivity index (χ1v) is 8.62. The number of piperazine rings is 1. The van der Waals surface area contributed by atoms with Crippen molar-refractivity contribution in [3.05, 3.63) is 0 Å². The lowest BCUT2D eigenvalue weighted by molar-refractivity contribution is -0.0550. The molecule has 1 unspecified atom stereocenters. The maximum atomic E-state index is 5.45. The summed E-state index contributed by atoms with van der Waals surface area (Å²) in [5.74, 6) is 0. The molecule has 1 N–H and O–H groups in total. The standard InChI is InChI=1S/C17H34N2O/c1-5-17(6-2)13-18-16(10-8-7-9-11-16)14-19(17)15(3)12-20-4/h15,18H,5-14H2,1-4H3. The van der Waals surface area contributed by atoms with Crippen LogP contribution in [0.25, 0.3) is 0 Å². The quantitative estimate of drug-likeness (QED) is 0.838. The SMILES string of the molecule is CCC1(CC)CNC2(CCCCC2)CN1C(C)COC. The molecule has 3 heteroatoms. The van der Waals surface area contributed by atoms with E-state index in [0.717, 1.165) is 13.2 Å². The molecular formula is C17H34N2O. The Labute approximate surface area is 125 Å². The molecule has 2 rings (SSSR count). The Hall–Kier alpha value is -0.120. The lowest BCUT2D eigenvalue weighted by atomic mass is 9.75. The molecule has 1 saturated carbocycles. The maximum Gasteiger partial charge on any atom is 0.0615 e. The summed E-state index contributed by atoms with van der Waals surface area (Å²) in [6.07, 6.45) is 9.36. The molecule has 1 aliphatic carbocycles. The van der Waals surface area contributed by atoms with Crippen LogP contribution in [-0.4, -0.2) is 48.8 Å². The smallest absolute Gasteiger partial charge is 0.0615 e. The minimum Gasteiger partial charge on any atom is -0.383 e. The molecule has 0 radical (unpaired) electrons. The Morgan fingerprint density at radius 1 is 1.15 bits per heavy atom. The first kappa shape index (κ1) is 16.3. The molecule has 1 aliphatic heterocycles. The summed E-state index contributed by atoms with van der Waals surface area (Å²) in [5.41, 5.74) is 0.703. The highest BCUT2D eigenvalue weighted by atomic mass is 16.5. The lowest BCUT2D eigenvalue weighted by Crippen LogP contribution is -2.72. The molecule has 0 aromatic heterocycles. The number of nitrogens with zero attached hydrogens (tertiary/aromatic N) is 1. The van der Waals surface area contributed by atoms with Crippen molar-refractivity contribution in [2.45, 2.75) is 82.8 Å². The van der Waals surface area contributed by atoms with Gasteiger partial charge in [-0.3, -0.25) is 4.90 Å². The lowest BCUT2D eigenvalue weighted by Gasteiger charge is -2.57. The number of ether oxygens (including phenoxy) is 1. The first-order valence-electron chi connectivity index (χ1n) is 8.62. The van der Waals surface area contributed by atoms with Crippen LogP contribution in [0.15, 0.2) is 0 Å². The van der Waals surface area contributed by atoms with E-state index in [-0.39, 0.29) is 0 Å². The zero-order chi connectivity index (χ0) is 14.6. The summed E-state index contributed by atoms with van der Waals surface area (Å²) >= 11 is 0. The average molecular weight is 282 g/mol.